The Balaban J connectivity index is 1.93. The van der Waals surface area contributed by atoms with Crippen LogP contribution in [0.3, 0.4) is 0 Å². The molecule has 0 saturated heterocycles. The Morgan fingerprint density at radius 1 is 1.18 bits per heavy atom. The number of aryl methyl sites for hydroxylation is 1. The third-order valence-corrected chi connectivity index (χ3v) is 4.14. The lowest BCUT2D eigenvalue weighted by atomic mass is 9.83. The molecule has 1 aromatic carbocycles. The number of hydrogen-bond donors (Lipinski definition) is 1. The highest BCUT2D eigenvalue weighted by molar-refractivity contribution is 5.78. The van der Waals surface area contributed by atoms with E-state index in [2.05, 4.69) is 37.0 Å². The number of nitrogens with one attached hydrogen (secondary N) is 1. The average Bonchev–Trinajstić information content (AvgIpc) is 2.75. The fraction of sp³-hybridized carbons (Fsp3) is 0.533. The van der Waals surface area contributed by atoms with Crippen LogP contribution in [0.2, 0.25) is 0 Å². The Morgan fingerprint density at radius 3 is 2.65 bits per heavy atom. The normalized spacial score (nSPS) is 25.3. The first-order chi connectivity index (χ1) is 8.24. The molecule has 0 unspecified atom stereocenters. The minimum absolute atomic E-state index is 0.651. The summed E-state index contributed by atoms with van der Waals surface area (Å²) in [5.74, 6) is 2.76. The Bertz CT molecular complexity index is 519. The van der Waals surface area contributed by atoms with Gasteiger partial charge in [-0.3, -0.25) is 0 Å². The van der Waals surface area contributed by atoms with Gasteiger partial charge in [0.15, 0.2) is 0 Å². The summed E-state index contributed by atoms with van der Waals surface area (Å²) in [7, 11) is 0. The smallest absolute Gasteiger partial charge is 0.110 e. The van der Waals surface area contributed by atoms with Gasteiger partial charge < -0.3 is 4.98 Å². The van der Waals surface area contributed by atoms with E-state index in [0.29, 0.717) is 5.92 Å². The van der Waals surface area contributed by atoms with Crippen molar-refractivity contribution in [1.82, 2.24) is 9.97 Å². The zero-order chi connectivity index (χ0) is 11.8. The zero-order valence-electron chi connectivity index (χ0n) is 10.7. The maximum Gasteiger partial charge on any atom is 0.110 e. The van der Waals surface area contributed by atoms with Crippen LogP contribution in [0.15, 0.2) is 18.2 Å². The molecule has 0 radical (unpaired) electrons. The number of nitrogens with zero attached hydrogens (tertiary/aromatic N) is 1. The minimum atomic E-state index is 0.651. The summed E-state index contributed by atoms with van der Waals surface area (Å²) in [6.45, 7) is 4.49. The first kappa shape index (κ1) is 10.8. The van der Waals surface area contributed by atoms with Crippen molar-refractivity contribution in [2.45, 2.75) is 45.4 Å². The van der Waals surface area contributed by atoms with E-state index in [1.165, 1.54) is 42.6 Å². The predicted molar refractivity (Wildman–Crippen MR) is 71.2 cm³/mol. The molecular weight excluding hydrogens is 208 g/mol. The molecule has 0 amide bonds. The van der Waals surface area contributed by atoms with Gasteiger partial charge in [0.2, 0.25) is 0 Å². The van der Waals surface area contributed by atoms with Crippen LogP contribution < -0.4 is 0 Å². The highest BCUT2D eigenvalue weighted by atomic mass is 14.9. The van der Waals surface area contributed by atoms with Gasteiger partial charge in [-0.1, -0.05) is 31.9 Å². The Morgan fingerprint density at radius 2 is 1.94 bits per heavy atom. The summed E-state index contributed by atoms with van der Waals surface area (Å²) >= 11 is 0. The topological polar surface area (TPSA) is 28.7 Å². The second-order valence-electron chi connectivity index (χ2n) is 5.55. The third-order valence-electron chi connectivity index (χ3n) is 4.14. The predicted octanol–water partition coefficient (Wildman–Crippen LogP) is 4.17. The average molecular weight is 228 g/mol. The molecule has 90 valence electrons. The number of rotatable bonds is 1. The number of para-hydroxylation sites is 1. The third kappa shape index (κ3) is 1.97. The number of fused-ring (bicyclic) bond motifs is 1. The molecule has 1 fully saturated rings. The summed E-state index contributed by atoms with van der Waals surface area (Å²) in [6, 6.07) is 6.36. The summed E-state index contributed by atoms with van der Waals surface area (Å²) in [5, 5.41) is 0. The first-order valence-electron chi connectivity index (χ1n) is 6.69. The van der Waals surface area contributed by atoms with Gasteiger partial charge in [0.25, 0.3) is 0 Å². The van der Waals surface area contributed by atoms with Gasteiger partial charge in [-0.25, -0.2) is 4.98 Å². The highest BCUT2D eigenvalue weighted by Crippen LogP contribution is 2.35. The van der Waals surface area contributed by atoms with E-state index < -0.39 is 0 Å². The van der Waals surface area contributed by atoms with Crippen LogP contribution in [0.1, 0.15) is 49.9 Å². The standard InChI is InChI=1S/C15H20N2/c1-10-6-8-12(9-7-10)15-16-13-5-3-4-11(2)14(13)17-15/h3-5,10,12H,6-9H2,1-2H3,(H,16,17). The van der Waals surface area contributed by atoms with Gasteiger partial charge in [0.05, 0.1) is 11.0 Å². The lowest BCUT2D eigenvalue weighted by Gasteiger charge is -2.24. The molecule has 17 heavy (non-hydrogen) atoms. The van der Waals surface area contributed by atoms with Crippen molar-refractivity contribution in [1.29, 1.82) is 0 Å². The molecule has 2 heteroatoms. The molecule has 1 aliphatic carbocycles. The number of hydrogen-bond acceptors (Lipinski definition) is 1. The minimum Gasteiger partial charge on any atom is -0.342 e. The molecule has 1 saturated carbocycles. The molecule has 3 rings (SSSR count). The van der Waals surface area contributed by atoms with Crippen molar-refractivity contribution in [2.24, 2.45) is 5.92 Å². The van der Waals surface area contributed by atoms with E-state index in [0.717, 1.165) is 11.4 Å². The van der Waals surface area contributed by atoms with Gasteiger partial charge in [0.1, 0.15) is 5.82 Å². The van der Waals surface area contributed by atoms with Crippen LogP contribution in [-0.2, 0) is 0 Å². The molecule has 0 bridgehead atoms. The van der Waals surface area contributed by atoms with Gasteiger partial charge in [-0.2, -0.15) is 0 Å². The van der Waals surface area contributed by atoms with Crippen LogP contribution in [-0.4, -0.2) is 9.97 Å². The van der Waals surface area contributed by atoms with E-state index in [-0.39, 0.29) is 0 Å². The van der Waals surface area contributed by atoms with Crippen molar-refractivity contribution in [3.05, 3.63) is 29.6 Å². The van der Waals surface area contributed by atoms with Gasteiger partial charge in [-0.15, -0.1) is 0 Å². The molecule has 1 heterocycles. The summed E-state index contributed by atoms with van der Waals surface area (Å²) < 4.78 is 0. The van der Waals surface area contributed by atoms with Crippen LogP contribution >= 0.6 is 0 Å². The molecule has 1 aromatic heterocycles. The summed E-state index contributed by atoms with van der Waals surface area (Å²) in [6.07, 6.45) is 5.28. The molecule has 2 nitrogen and oxygen atoms in total. The zero-order valence-corrected chi connectivity index (χ0v) is 10.7. The molecule has 1 aliphatic rings. The van der Waals surface area contributed by atoms with E-state index in [1.54, 1.807) is 0 Å². The molecule has 1 N–H and O–H groups in total. The van der Waals surface area contributed by atoms with Gasteiger partial charge in [-0.05, 0) is 37.3 Å². The lowest BCUT2D eigenvalue weighted by molar-refractivity contribution is 0.341. The van der Waals surface area contributed by atoms with Crippen molar-refractivity contribution in [3.8, 4) is 0 Å². The van der Waals surface area contributed by atoms with Gasteiger partial charge >= 0.3 is 0 Å². The molecular formula is C15H20N2. The quantitative estimate of drug-likeness (QED) is 0.780. The van der Waals surface area contributed by atoms with Crippen molar-refractivity contribution in [3.63, 3.8) is 0 Å². The number of benzene rings is 1. The Kier molecular flexibility index (Phi) is 2.65. The van der Waals surface area contributed by atoms with E-state index in [9.17, 15) is 0 Å². The molecule has 2 aromatic rings. The molecule has 0 atom stereocenters. The first-order valence-corrected chi connectivity index (χ1v) is 6.69. The van der Waals surface area contributed by atoms with E-state index in [1.807, 2.05) is 0 Å². The second kappa shape index (κ2) is 4.17. The highest BCUT2D eigenvalue weighted by Gasteiger charge is 2.22. The molecule has 0 aliphatic heterocycles. The summed E-state index contributed by atoms with van der Waals surface area (Å²) in [5.41, 5.74) is 3.62. The summed E-state index contributed by atoms with van der Waals surface area (Å²) in [4.78, 5) is 8.32. The van der Waals surface area contributed by atoms with Crippen molar-refractivity contribution < 1.29 is 0 Å². The van der Waals surface area contributed by atoms with Crippen molar-refractivity contribution in [2.75, 3.05) is 0 Å². The fourth-order valence-corrected chi connectivity index (χ4v) is 2.92. The lowest BCUT2D eigenvalue weighted by Crippen LogP contribution is -2.11. The Hall–Kier alpha value is -1.31. The maximum absolute atomic E-state index is 4.81. The van der Waals surface area contributed by atoms with Crippen LogP contribution in [0.25, 0.3) is 11.0 Å². The fourth-order valence-electron chi connectivity index (χ4n) is 2.92. The monoisotopic (exact) mass is 228 g/mol. The van der Waals surface area contributed by atoms with Crippen LogP contribution in [0.4, 0.5) is 0 Å². The van der Waals surface area contributed by atoms with Crippen LogP contribution in [0.5, 0.6) is 0 Å². The van der Waals surface area contributed by atoms with Crippen molar-refractivity contribution >= 4 is 11.0 Å². The van der Waals surface area contributed by atoms with E-state index in [4.69, 9.17) is 4.98 Å². The number of aromatic nitrogens is 2. The largest absolute Gasteiger partial charge is 0.342 e. The van der Waals surface area contributed by atoms with E-state index >= 15 is 0 Å². The Labute approximate surface area is 102 Å². The SMILES string of the molecule is Cc1cccc2[nH]c(C3CCC(C)CC3)nc12. The molecule has 0 spiro atoms. The second-order valence-corrected chi connectivity index (χ2v) is 5.55. The van der Waals surface area contributed by atoms with Crippen LogP contribution in [0, 0.1) is 12.8 Å². The van der Waals surface area contributed by atoms with Gasteiger partial charge in [0, 0.05) is 5.92 Å². The maximum atomic E-state index is 4.81. The number of H-pyrrole nitrogens is 1. The number of imidazole rings is 1. The number of aromatic amines is 1.